The lowest BCUT2D eigenvalue weighted by Gasteiger charge is -2.08. The number of rotatable bonds is 4. The molecule has 4 rings (SSSR count). The molecule has 0 aliphatic carbocycles. The van der Waals surface area contributed by atoms with Crippen LogP contribution in [0.25, 0.3) is 11.6 Å². The molecular formula is C19H16N4O2S. The third-order valence-corrected chi connectivity index (χ3v) is 4.93. The second-order valence-electron chi connectivity index (χ2n) is 5.75. The molecular weight excluding hydrogens is 348 g/mol. The van der Waals surface area contributed by atoms with Gasteiger partial charge in [0, 0.05) is 29.2 Å². The van der Waals surface area contributed by atoms with E-state index in [1.165, 1.54) is 11.3 Å². The number of benzene rings is 1. The Balaban J connectivity index is 1.61. The van der Waals surface area contributed by atoms with Crippen LogP contribution in [-0.4, -0.2) is 28.4 Å². The third kappa shape index (κ3) is 3.04. The Hall–Kier alpha value is -3.19. The number of methoxy groups -OCH3 is 1. The number of nitrogens with zero attached hydrogens (tertiary/aromatic N) is 3. The Morgan fingerprint density at radius 2 is 2.15 bits per heavy atom. The second-order valence-corrected chi connectivity index (χ2v) is 6.78. The Kier molecular flexibility index (Phi) is 4.14. The summed E-state index contributed by atoms with van der Waals surface area (Å²) in [6.45, 7) is 1.99. The Morgan fingerprint density at radius 3 is 2.96 bits per heavy atom. The van der Waals surface area contributed by atoms with Gasteiger partial charge >= 0.3 is 0 Å². The lowest BCUT2D eigenvalue weighted by atomic mass is 10.1. The number of aromatic nitrogens is 2. The quantitative estimate of drug-likeness (QED) is 0.709. The molecule has 0 fully saturated rings. The maximum atomic E-state index is 10.2. The molecule has 26 heavy (non-hydrogen) atoms. The van der Waals surface area contributed by atoms with E-state index < -0.39 is 0 Å². The van der Waals surface area contributed by atoms with Crippen molar-refractivity contribution in [2.75, 3.05) is 12.4 Å². The van der Waals surface area contributed by atoms with Gasteiger partial charge < -0.3 is 15.2 Å². The largest absolute Gasteiger partial charge is 0.497 e. The minimum Gasteiger partial charge on any atom is -0.497 e. The number of aryl methyl sites for hydroxylation is 1. The van der Waals surface area contributed by atoms with Gasteiger partial charge in [0.15, 0.2) is 10.9 Å². The van der Waals surface area contributed by atoms with Crippen LogP contribution in [0.15, 0.2) is 41.5 Å². The summed E-state index contributed by atoms with van der Waals surface area (Å²) in [5, 5.41) is 14.1. The fourth-order valence-electron chi connectivity index (χ4n) is 2.67. The molecule has 0 radical (unpaired) electrons. The van der Waals surface area contributed by atoms with Crippen LogP contribution in [0.3, 0.4) is 0 Å². The van der Waals surface area contributed by atoms with Crippen LogP contribution < -0.4 is 10.1 Å². The zero-order valence-corrected chi connectivity index (χ0v) is 15.0. The number of fused-ring (bicyclic) bond motifs is 1. The Bertz CT molecular complexity index is 1040. The molecule has 0 spiro atoms. The van der Waals surface area contributed by atoms with E-state index in [1.807, 2.05) is 43.3 Å². The van der Waals surface area contributed by atoms with Gasteiger partial charge in [-0.3, -0.25) is 0 Å². The topological polar surface area (TPSA) is 79.6 Å². The highest BCUT2D eigenvalue weighted by molar-refractivity contribution is 7.16. The van der Waals surface area contributed by atoms with E-state index in [4.69, 9.17) is 4.74 Å². The summed E-state index contributed by atoms with van der Waals surface area (Å²) in [5.74, 6) is 1.48. The molecule has 6 nitrogen and oxygen atoms in total. The van der Waals surface area contributed by atoms with E-state index in [1.54, 1.807) is 19.5 Å². The number of aromatic hydroxyl groups is 1. The second kappa shape index (κ2) is 6.61. The molecule has 0 bridgehead atoms. The first-order valence-electron chi connectivity index (χ1n) is 7.96. The van der Waals surface area contributed by atoms with Crippen molar-refractivity contribution in [1.82, 2.24) is 9.97 Å². The van der Waals surface area contributed by atoms with Crippen LogP contribution in [0.1, 0.15) is 16.0 Å². The molecule has 0 saturated heterocycles. The van der Waals surface area contributed by atoms with E-state index in [0.29, 0.717) is 15.8 Å². The molecule has 7 heteroatoms. The molecule has 130 valence electrons. The predicted octanol–water partition coefficient (Wildman–Crippen LogP) is 4.56. The van der Waals surface area contributed by atoms with Gasteiger partial charge in [-0.1, -0.05) is 11.3 Å². The maximum absolute atomic E-state index is 10.2. The van der Waals surface area contributed by atoms with E-state index in [-0.39, 0.29) is 5.88 Å². The summed E-state index contributed by atoms with van der Waals surface area (Å²) < 4.78 is 5.22. The first-order chi connectivity index (χ1) is 12.6. The van der Waals surface area contributed by atoms with E-state index in [2.05, 4.69) is 20.3 Å². The number of allylic oxidation sites excluding steroid dienone is 1. The fraction of sp³-hybridized carbons (Fsp3) is 0.105. The molecule has 1 aliphatic heterocycles. The summed E-state index contributed by atoms with van der Waals surface area (Å²) in [5.41, 5.74) is 3.79. The van der Waals surface area contributed by atoms with Crippen LogP contribution >= 0.6 is 11.3 Å². The minimum absolute atomic E-state index is 0.0121. The van der Waals surface area contributed by atoms with E-state index in [9.17, 15) is 5.11 Å². The summed E-state index contributed by atoms with van der Waals surface area (Å²) in [6.07, 6.45) is 5.33. The smallest absolute Gasteiger partial charge is 0.231 e. The van der Waals surface area contributed by atoms with Crippen LogP contribution in [-0.2, 0) is 0 Å². The van der Waals surface area contributed by atoms with Crippen LogP contribution in [0.4, 0.5) is 16.6 Å². The number of pyridine rings is 1. The standard InChI is InChI=1S/C19H16N4O2S/c1-11-8-13(25-2)5-6-15(11)22-19-23-18(24)16(26-19)9-12-10-21-17-14(12)4-3-7-20-17/h3-10,24H,1-2H3,(H,22,23)/b12-9+. The van der Waals surface area contributed by atoms with Gasteiger partial charge in [0.25, 0.3) is 0 Å². The first-order valence-corrected chi connectivity index (χ1v) is 8.78. The highest BCUT2D eigenvalue weighted by atomic mass is 32.1. The SMILES string of the molecule is COc1ccc(Nc2nc(O)c(/C=C3\C=Nc4ncccc43)s2)c(C)c1. The van der Waals surface area contributed by atoms with Crippen molar-refractivity contribution in [2.24, 2.45) is 4.99 Å². The Labute approximate surface area is 154 Å². The fourth-order valence-corrected chi connectivity index (χ4v) is 3.50. The van der Waals surface area contributed by atoms with Crippen molar-refractivity contribution in [2.45, 2.75) is 6.92 Å². The van der Waals surface area contributed by atoms with Crippen molar-refractivity contribution < 1.29 is 9.84 Å². The number of hydrogen-bond acceptors (Lipinski definition) is 7. The Morgan fingerprint density at radius 1 is 1.27 bits per heavy atom. The number of hydrogen-bond donors (Lipinski definition) is 2. The molecule has 0 saturated carbocycles. The summed E-state index contributed by atoms with van der Waals surface area (Å²) in [6, 6.07) is 9.57. The average Bonchev–Trinajstić information content (AvgIpc) is 3.21. The van der Waals surface area contributed by atoms with Gasteiger partial charge in [-0.15, -0.1) is 0 Å². The van der Waals surface area contributed by atoms with Crippen molar-refractivity contribution in [1.29, 1.82) is 0 Å². The number of aliphatic imine (C=N–C) groups is 1. The van der Waals surface area contributed by atoms with Crippen molar-refractivity contribution in [3.63, 3.8) is 0 Å². The lowest BCUT2D eigenvalue weighted by molar-refractivity contribution is 0.414. The molecule has 3 aromatic rings. The third-order valence-electron chi connectivity index (χ3n) is 4.02. The predicted molar refractivity (Wildman–Crippen MR) is 105 cm³/mol. The zero-order chi connectivity index (χ0) is 18.1. The normalized spacial score (nSPS) is 13.8. The summed E-state index contributed by atoms with van der Waals surface area (Å²) in [7, 11) is 1.64. The molecule has 0 amide bonds. The van der Waals surface area contributed by atoms with E-state index >= 15 is 0 Å². The summed E-state index contributed by atoms with van der Waals surface area (Å²) >= 11 is 1.37. The van der Waals surface area contributed by atoms with Crippen molar-refractivity contribution in [3.05, 3.63) is 52.5 Å². The van der Waals surface area contributed by atoms with E-state index in [0.717, 1.165) is 28.1 Å². The van der Waals surface area contributed by atoms with Crippen LogP contribution in [0.5, 0.6) is 11.6 Å². The van der Waals surface area contributed by atoms with Crippen LogP contribution in [0, 0.1) is 6.92 Å². The molecule has 3 heterocycles. The molecule has 2 N–H and O–H groups in total. The number of nitrogens with one attached hydrogen (secondary N) is 1. The molecule has 0 atom stereocenters. The van der Waals surface area contributed by atoms with Gasteiger partial charge in [-0.2, -0.15) is 4.98 Å². The molecule has 1 aromatic carbocycles. The maximum Gasteiger partial charge on any atom is 0.231 e. The lowest BCUT2D eigenvalue weighted by Crippen LogP contribution is -1.93. The molecule has 0 unspecified atom stereocenters. The highest BCUT2D eigenvalue weighted by Crippen LogP contribution is 2.36. The number of anilines is 2. The van der Waals surface area contributed by atoms with Crippen molar-refractivity contribution >= 4 is 45.8 Å². The zero-order valence-electron chi connectivity index (χ0n) is 14.2. The number of thiazole rings is 1. The highest BCUT2D eigenvalue weighted by Gasteiger charge is 2.15. The number of ether oxygens (including phenoxy) is 1. The van der Waals surface area contributed by atoms with Gasteiger partial charge in [0.1, 0.15) is 5.75 Å². The summed E-state index contributed by atoms with van der Waals surface area (Å²) in [4.78, 5) is 13.4. The van der Waals surface area contributed by atoms with Gasteiger partial charge in [0.2, 0.25) is 5.88 Å². The van der Waals surface area contributed by atoms with Gasteiger partial charge in [0.05, 0.1) is 12.0 Å². The van der Waals surface area contributed by atoms with Gasteiger partial charge in [-0.05, 0) is 48.9 Å². The minimum atomic E-state index is -0.0121. The van der Waals surface area contributed by atoms with Crippen molar-refractivity contribution in [3.8, 4) is 11.6 Å². The molecule has 2 aromatic heterocycles. The first kappa shape index (κ1) is 16.3. The monoisotopic (exact) mass is 364 g/mol. The molecule has 1 aliphatic rings. The average molecular weight is 364 g/mol. The van der Waals surface area contributed by atoms with Gasteiger partial charge in [-0.25, -0.2) is 9.98 Å². The van der Waals surface area contributed by atoms with Crippen LogP contribution in [0.2, 0.25) is 0 Å².